The van der Waals surface area contributed by atoms with Crippen molar-refractivity contribution in [1.29, 1.82) is 0 Å². The highest BCUT2D eigenvalue weighted by molar-refractivity contribution is 7.81. The lowest BCUT2D eigenvalue weighted by molar-refractivity contribution is -0.147. The van der Waals surface area contributed by atoms with Crippen LogP contribution in [-0.4, -0.2) is 28.6 Å². The van der Waals surface area contributed by atoms with E-state index in [1.807, 2.05) is 84.2 Å². The SMILES string of the molecule is O=C(COC(=O)C1(P(=O)(c2ccccc2)c2ccccc2)CC1)Nc1nc(-c2ccc(-c3ccccc3)cc2)cs1. The van der Waals surface area contributed by atoms with E-state index in [4.69, 9.17) is 4.74 Å². The maximum absolute atomic E-state index is 14.7. The van der Waals surface area contributed by atoms with Gasteiger partial charge in [-0.15, -0.1) is 11.3 Å². The van der Waals surface area contributed by atoms with Crippen molar-refractivity contribution in [3.63, 3.8) is 0 Å². The molecule has 1 aliphatic carbocycles. The average Bonchev–Trinajstić information content (AvgIpc) is 3.73. The Morgan fingerprint density at radius 1 is 0.756 bits per heavy atom. The summed E-state index contributed by atoms with van der Waals surface area (Å²) in [5.74, 6) is -1.11. The monoisotopic (exact) mass is 578 g/mol. The van der Waals surface area contributed by atoms with Gasteiger partial charge in [-0.05, 0) is 24.0 Å². The van der Waals surface area contributed by atoms with Crippen LogP contribution in [0.4, 0.5) is 5.13 Å². The number of nitrogens with one attached hydrogen (secondary N) is 1. The molecule has 0 aliphatic heterocycles. The lowest BCUT2D eigenvalue weighted by Gasteiger charge is -2.27. The molecule has 1 N–H and O–H groups in total. The maximum Gasteiger partial charge on any atom is 0.320 e. The fraction of sp³-hybridized carbons (Fsp3) is 0.121. The molecule has 4 aromatic carbocycles. The van der Waals surface area contributed by atoms with E-state index in [2.05, 4.69) is 22.4 Å². The maximum atomic E-state index is 14.7. The summed E-state index contributed by atoms with van der Waals surface area (Å²) < 4.78 is 20.2. The molecule has 0 radical (unpaired) electrons. The van der Waals surface area contributed by atoms with Crippen LogP contribution in [0, 0.1) is 0 Å². The first-order chi connectivity index (χ1) is 20.0. The summed E-state index contributed by atoms with van der Waals surface area (Å²) >= 11 is 1.30. The molecule has 8 heteroatoms. The standard InChI is InChI=1S/C33H27N2O4PS/c36-30(35-32-34-29(23-41-32)26-18-16-25(17-19-26)24-10-4-1-5-11-24)22-39-31(37)33(20-21-33)40(38,27-12-6-2-7-13-27)28-14-8-3-9-15-28/h1-19,23H,20-22H2,(H,34,35,36). The molecule has 1 fully saturated rings. The second-order valence-electron chi connectivity index (χ2n) is 9.92. The molecule has 6 rings (SSSR count). The predicted octanol–water partition coefficient (Wildman–Crippen LogP) is 6.51. The number of rotatable bonds is 9. The molecule has 0 bridgehead atoms. The quantitative estimate of drug-likeness (QED) is 0.159. The van der Waals surface area contributed by atoms with Crippen molar-refractivity contribution < 1.29 is 18.9 Å². The first-order valence-electron chi connectivity index (χ1n) is 13.3. The van der Waals surface area contributed by atoms with Gasteiger partial charge in [-0.3, -0.25) is 14.9 Å². The van der Waals surface area contributed by atoms with Gasteiger partial charge in [-0.2, -0.15) is 0 Å². The molecule has 6 nitrogen and oxygen atoms in total. The number of nitrogens with zero attached hydrogens (tertiary/aromatic N) is 1. The summed E-state index contributed by atoms with van der Waals surface area (Å²) in [6.45, 7) is -0.481. The van der Waals surface area contributed by atoms with Gasteiger partial charge in [0.1, 0.15) is 5.16 Å². The molecule has 0 saturated heterocycles. The van der Waals surface area contributed by atoms with Crippen LogP contribution in [-0.2, 0) is 18.9 Å². The number of benzene rings is 4. The van der Waals surface area contributed by atoms with E-state index in [0.717, 1.165) is 22.4 Å². The molecule has 0 unspecified atom stereocenters. The third kappa shape index (κ3) is 5.26. The number of anilines is 1. The van der Waals surface area contributed by atoms with Crippen LogP contribution >= 0.6 is 18.5 Å². The van der Waals surface area contributed by atoms with E-state index in [1.54, 1.807) is 24.3 Å². The van der Waals surface area contributed by atoms with Crippen molar-refractivity contribution in [2.45, 2.75) is 18.0 Å². The minimum absolute atomic E-state index is 0.411. The second-order valence-corrected chi connectivity index (χ2v) is 13.9. The lowest BCUT2D eigenvalue weighted by Crippen LogP contribution is -2.36. The number of esters is 1. The van der Waals surface area contributed by atoms with E-state index < -0.39 is 30.8 Å². The van der Waals surface area contributed by atoms with Crippen LogP contribution in [0.5, 0.6) is 0 Å². The predicted molar refractivity (Wildman–Crippen MR) is 164 cm³/mol. The van der Waals surface area contributed by atoms with E-state index in [9.17, 15) is 14.2 Å². The average molecular weight is 579 g/mol. The molecule has 0 atom stereocenters. The Bertz CT molecular complexity index is 1670. The second kappa shape index (κ2) is 11.3. The van der Waals surface area contributed by atoms with Crippen LogP contribution in [0.3, 0.4) is 0 Å². The van der Waals surface area contributed by atoms with Crippen molar-refractivity contribution >= 4 is 46.1 Å². The molecule has 0 spiro atoms. The van der Waals surface area contributed by atoms with Crippen molar-refractivity contribution in [2.24, 2.45) is 0 Å². The number of carbonyl (C=O) groups excluding carboxylic acids is 2. The number of hydrogen-bond acceptors (Lipinski definition) is 6. The number of thiazole rings is 1. The normalized spacial score (nSPS) is 13.8. The number of hydrogen-bond donors (Lipinski definition) is 1. The molecule has 1 amide bonds. The van der Waals surface area contributed by atoms with E-state index in [0.29, 0.717) is 28.6 Å². The molecule has 1 saturated carbocycles. The number of amides is 1. The Morgan fingerprint density at radius 3 is 1.83 bits per heavy atom. The van der Waals surface area contributed by atoms with Gasteiger partial charge in [0.2, 0.25) is 0 Å². The molecule has 1 aliphatic rings. The third-order valence-electron chi connectivity index (χ3n) is 7.32. The molecular weight excluding hydrogens is 551 g/mol. The Morgan fingerprint density at radius 2 is 1.27 bits per heavy atom. The van der Waals surface area contributed by atoms with Crippen molar-refractivity contribution in [3.05, 3.63) is 121 Å². The van der Waals surface area contributed by atoms with E-state index in [-0.39, 0.29) is 0 Å². The van der Waals surface area contributed by atoms with Crippen LogP contribution in [0.25, 0.3) is 22.4 Å². The number of carbonyl (C=O) groups is 2. The van der Waals surface area contributed by atoms with Gasteiger partial charge in [0.25, 0.3) is 5.91 Å². The van der Waals surface area contributed by atoms with Gasteiger partial charge in [-0.1, -0.05) is 115 Å². The number of ether oxygens (including phenoxy) is 1. The highest BCUT2D eigenvalue weighted by atomic mass is 32.1. The number of aromatic nitrogens is 1. The molecule has 41 heavy (non-hydrogen) atoms. The van der Waals surface area contributed by atoms with Gasteiger partial charge in [0, 0.05) is 21.6 Å². The van der Waals surface area contributed by atoms with Gasteiger partial charge in [0.15, 0.2) is 18.9 Å². The highest BCUT2D eigenvalue weighted by Gasteiger charge is 2.65. The Kier molecular flexibility index (Phi) is 7.39. The topological polar surface area (TPSA) is 85.4 Å². The largest absolute Gasteiger partial charge is 0.455 e. The summed E-state index contributed by atoms with van der Waals surface area (Å²) in [6.07, 6.45) is 0.876. The lowest BCUT2D eigenvalue weighted by atomic mass is 10.0. The van der Waals surface area contributed by atoms with Gasteiger partial charge < -0.3 is 9.30 Å². The van der Waals surface area contributed by atoms with Gasteiger partial charge >= 0.3 is 5.97 Å². The fourth-order valence-corrected chi connectivity index (χ4v) is 9.30. The Labute approximate surface area is 242 Å². The molecule has 204 valence electrons. The van der Waals surface area contributed by atoms with Crippen molar-refractivity contribution in [2.75, 3.05) is 11.9 Å². The molecule has 1 aromatic heterocycles. The molecular formula is C33H27N2O4PS. The zero-order valence-electron chi connectivity index (χ0n) is 22.1. The Balaban J connectivity index is 1.12. The van der Waals surface area contributed by atoms with Crippen molar-refractivity contribution in [1.82, 2.24) is 4.98 Å². The van der Waals surface area contributed by atoms with Crippen LogP contribution in [0.15, 0.2) is 121 Å². The summed E-state index contributed by atoms with van der Waals surface area (Å²) in [5.41, 5.74) is 3.92. The van der Waals surface area contributed by atoms with Gasteiger partial charge in [-0.25, -0.2) is 4.98 Å². The first-order valence-corrected chi connectivity index (χ1v) is 15.9. The van der Waals surface area contributed by atoms with Gasteiger partial charge in [0.05, 0.1) is 5.69 Å². The zero-order valence-corrected chi connectivity index (χ0v) is 23.8. The first kappa shape index (κ1) is 26.9. The van der Waals surface area contributed by atoms with Crippen LogP contribution < -0.4 is 15.9 Å². The third-order valence-corrected chi connectivity index (χ3v) is 12.0. The minimum atomic E-state index is -3.37. The van der Waals surface area contributed by atoms with Crippen LogP contribution in [0.2, 0.25) is 0 Å². The fourth-order valence-electron chi connectivity index (χ4n) is 5.03. The summed E-state index contributed by atoms with van der Waals surface area (Å²) in [5, 5.41) is 5.05. The molecule has 5 aromatic rings. The van der Waals surface area contributed by atoms with Crippen LogP contribution in [0.1, 0.15) is 12.8 Å². The zero-order chi connectivity index (χ0) is 28.3. The Hall–Kier alpha value is -4.32. The summed E-state index contributed by atoms with van der Waals surface area (Å²) in [4.78, 5) is 30.7. The van der Waals surface area contributed by atoms with Crippen molar-refractivity contribution in [3.8, 4) is 22.4 Å². The summed E-state index contributed by atoms with van der Waals surface area (Å²) in [7, 11) is -3.37. The minimum Gasteiger partial charge on any atom is -0.455 e. The smallest absolute Gasteiger partial charge is 0.320 e. The van der Waals surface area contributed by atoms with E-state index in [1.165, 1.54) is 11.3 Å². The molecule has 1 heterocycles. The highest BCUT2D eigenvalue weighted by Crippen LogP contribution is 2.68. The summed E-state index contributed by atoms with van der Waals surface area (Å²) in [6, 6.07) is 36.4. The van der Waals surface area contributed by atoms with E-state index >= 15 is 0 Å².